The van der Waals surface area contributed by atoms with Gasteiger partial charge in [0.2, 0.25) is 5.91 Å². The number of rotatable bonds is 4. The van der Waals surface area contributed by atoms with E-state index in [2.05, 4.69) is 10.4 Å². The Morgan fingerprint density at radius 2 is 1.96 bits per heavy atom. The van der Waals surface area contributed by atoms with Crippen molar-refractivity contribution >= 4 is 37.4 Å². The van der Waals surface area contributed by atoms with E-state index in [1.807, 2.05) is 38.1 Å². The molecule has 0 radical (unpaired) electrons. The highest BCUT2D eigenvalue weighted by Crippen LogP contribution is 2.33. The van der Waals surface area contributed by atoms with Crippen molar-refractivity contribution in [3.63, 3.8) is 0 Å². The number of carbonyl (C=O) groups excluding carboxylic acids is 1. The number of hydrogen-bond acceptors (Lipinski definition) is 4. The van der Waals surface area contributed by atoms with Crippen molar-refractivity contribution in [3.05, 3.63) is 40.3 Å². The van der Waals surface area contributed by atoms with E-state index in [-0.39, 0.29) is 17.5 Å². The molecule has 1 aliphatic carbocycles. The van der Waals surface area contributed by atoms with Gasteiger partial charge in [0.05, 0.1) is 15.8 Å². The Morgan fingerprint density at radius 3 is 2.68 bits per heavy atom. The second-order valence-electron chi connectivity index (χ2n) is 7.76. The molecule has 1 amide bonds. The predicted molar refractivity (Wildman–Crippen MR) is 115 cm³/mol. The Kier molecular flexibility index (Phi) is 5.49. The van der Waals surface area contributed by atoms with Gasteiger partial charge in [-0.05, 0) is 32.3 Å². The molecule has 5 nitrogen and oxygen atoms in total. The maximum Gasteiger partial charge on any atom is 0.276 e. The minimum atomic E-state index is -0.572. The summed E-state index contributed by atoms with van der Waals surface area (Å²) in [6.07, 6.45) is 7.39. The topological polar surface area (TPSA) is 64.0 Å². The zero-order valence-electron chi connectivity index (χ0n) is 16.5. The molecule has 1 fully saturated rings. The summed E-state index contributed by atoms with van der Waals surface area (Å²) in [4.78, 5) is 26.4. The van der Waals surface area contributed by atoms with Gasteiger partial charge in [0, 0.05) is 16.1 Å². The number of thiophene rings is 1. The van der Waals surface area contributed by atoms with E-state index in [0.29, 0.717) is 11.8 Å². The fraction of sp³-hybridized carbons (Fsp3) is 0.500. The number of nitrogens with one attached hydrogen (secondary N) is 1. The predicted octanol–water partition coefficient (Wildman–Crippen LogP) is 4.71. The molecule has 6 heteroatoms. The fourth-order valence-corrected chi connectivity index (χ4v) is 5.42. The molecule has 1 aliphatic rings. The lowest BCUT2D eigenvalue weighted by molar-refractivity contribution is -0.125. The molecule has 28 heavy (non-hydrogen) atoms. The first kappa shape index (κ1) is 19.1. The Balaban J connectivity index is 1.73. The molecule has 0 spiro atoms. The molecule has 1 aromatic carbocycles. The summed E-state index contributed by atoms with van der Waals surface area (Å²) in [6.45, 7) is 3.86. The van der Waals surface area contributed by atoms with Crippen molar-refractivity contribution in [1.29, 1.82) is 0 Å². The molecular weight excluding hydrogens is 370 g/mol. The number of carbonyl (C=O) groups is 1. The number of fused-ring (bicyclic) bond motifs is 3. The molecule has 1 atom stereocenters. The molecule has 0 saturated heterocycles. The lowest BCUT2D eigenvalue weighted by Gasteiger charge is -2.22. The van der Waals surface area contributed by atoms with E-state index in [1.165, 1.54) is 17.5 Å². The van der Waals surface area contributed by atoms with Crippen LogP contribution in [0.5, 0.6) is 0 Å². The summed E-state index contributed by atoms with van der Waals surface area (Å²) >= 11 is 1.59. The van der Waals surface area contributed by atoms with E-state index >= 15 is 0 Å². The van der Waals surface area contributed by atoms with Crippen molar-refractivity contribution in [1.82, 2.24) is 15.1 Å². The van der Waals surface area contributed by atoms with Crippen LogP contribution in [-0.2, 0) is 4.79 Å². The highest BCUT2D eigenvalue weighted by molar-refractivity contribution is 7.26. The monoisotopic (exact) mass is 397 g/mol. The third kappa shape index (κ3) is 3.46. The van der Waals surface area contributed by atoms with Gasteiger partial charge in [0.1, 0.15) is 6.04 Å². The van der Waals surface area contributed by atoms with Gasteiger partial charge in [0.25, 0.3) is 5.56 Å². The van der Waals surface area contributed by atoms with Gasteiger partial charge in [-0.15, -0.1) is 11.3 Å². The Bertz CT molecular complexity index is 1060. The second-order valence-corrected chi connectivity index (χ2v) is 8.81. The first-order valence-electron chi connectivity index (χ1n) is 10.3. The summed E-state index contributed by atoms with van der Waals surface area (Å²) in [5.74, 6) is -0.0812. The highest BCUT2D eigenvalue weighted by atomic mass is 32.1. The molecule has 2 aromatic heterocycles. The molecule has 2 heterocycles. The van der Waals surface area contributed by atoms with Crippen LogP contribution in [0.25, 0.3) is 20.2 Å². The first-order valence-corrected chi connectivity index (χ1v) is 11.1. The smallest absolute Gasteiger partial charge is 0.276 e. The molecule has 1 unspecified atom stereocenters. The van der Waals surface area contributed by atoms with Crippen LogP contribution in [0.4, 0.5) is 0 Å². The molecule has 0 bridgehead atoms. The standard InChI is InChI=1S/C22H27N3O2S/c1-3-17(21(26)23-15-10-6-4-5-7-11-15)25-22(27)19-16-12-8-9-13-18(16)28-20(19)14(2)24-25/h8-9,12-13,15,17H,3-7,10-11H2,1-2H3,(H,23,26). The summed E-state index contributed by atoms with van der Waals surface area (Å²) in [7, 11) is 0. The van der Waals surface area contributed by atoms with Crippen LogP contribution in [0.15, 0.2) is 29.1 Å². The van der Waals surface area contributed by atoms with Gasteiger partial charge in [-0.2, -0.15) is 5.10 Å². The maximum absolute atomic E-state index is 13.3. The van der Waals surface area contributed by atoms with Gasteiger partial charge >= 0.3 is 0 Å². The van der Waals surface area contributed by atoms with Crippen LogP contribution in [0.2, 0.25) is 0 Å². The van der Waals surface area contributed by atoms with E-state index in [9.17, 15) is 9.59 Å². The number of nitrogens with zero attached hydrogens (tertiary/aromatic N) is 2. The molecule has 0 aliphatic heterocycles. The van der Waals surface area contributed by atoms with Crippen molar-refractivity contribution in [2.45, 2.75) is 70.9 Å². The van der Waals surface area contributed by atoms with Gasteiger partial charge in [0.15, 0.2) is 0 Å². The molecule has 148 valence electrons. The van der Waals surface area contributed by atoms with Crippen molar-refractivity contribution < 1.29 is 4.79 Å². The van der Waals surface area contributed by atoms with Gasteiger partial charge < -0.3 is 5.32 Å². The minimum Gasteiger partial charge on any atom is -0.352 e. The average molecular weight is 398 g/mol. The van der Waals surface area contributed by atoms with Crippen LogP contribution >= 0.6 is 11.3 Å². The highest BCUT2D eigenvalue weighted by Gasteiger charge is 2.26. The number of hydrogen-bond donors (Lipinski definition) is 1. The van der Waals surface area contributed by atoms with Crippen LogP contribution in [0.1, 0.15) is 63.6 Å². The molecule has 4 rings (SSSR count). The number of aromatic nitrogens is 2. The first-order chi connectivity index (χ1) is 13.6. The third-order valence-corrected chi connectivity index (χ3v) is 7.07. The fourth-order valence-electron chi connectivity index (χ4n) is 4.28. The lowest BCUT2D eigenvalue weighted by Crippen LogP contribution is -2.42. The van der Waals surface area contributed by atoms with E-state index < -0.39 is 6.04 Å². The Labute approximate surface area is 168 Å². The van der Waals surface area contributed by atoms with Gasteiger partial charge in [-0.3, -0.25) is 9.59 Å². The summed E-state index contributed by atoms with van der Waals surface area (Å²) in [5, 5.41) is 9.39. The normalized spacial score (nSPS) is 16.9. The maximum atomic E-state index is 13.3. The molecule has 3 aromatic rings. The number of aryl methyl sites for hydroxylation is 1. The van der Waals surface area contributed by atoms with Crippen LogP contribution < -0.4 is 10.9 Å². The molecular formula is C22H27N3O2S. The minimum absolute atomic E-state index is 0.0812. The van der Waals surface area contributed by atoms with Crippen LogP contribution in [0, 0.1) is 6.92 Å². The van der Waals surface area contributed by atoms with Gasteiger partial charge in [-0.1, -0.05) is 50.8 Å². The SMILES string of the molecule is CCC(C(=O)NC1CCCCCC1)n1nc(C)c2sc3ccccc3c2c1=O. The van der Waals surface area contributed by atoms with Crippen molar-refractivity contribution in [2.75, 3.05) is 0 Å². The lowest BCUT2D eigenvalue weighted by atomic mass is 10.1. The van der Waals surface area contributed by atoms with Crippen LogP contribution in [-0.4, -0.2) is 21.7 Å². The third-order valence-electron chi connectivity index (χ3n) is 5.79. The molecule has 1 N–H and O–H groups in total. The van der Waals surface area contributed by atoms with Gasteiger partial charge in [-0.25, -0.2) is 4.68 Å². The number of benzene rings is 1. The van der Waals surface area contributed by atoms with E-state index in [1.54, 1.807) is 11.3 Å². The van der Waals surface area contributed by atoms with E-state index in [4.69, 9.17) is 0 Å². The summed E-state index contributed by atoms with van der Waals surface area (Å²) in [6, 6.07) is 7.58. The summed E-state index contributed by atoms with van der Waals surface area (Å²) in [5.41, 5.74) is 0.637. The van der Waals surface area contributed by atoms with E-state index in [0.717, 1.165) is 46.2 Å². The van der Waals surface area contributed by atoms with Crippen molar-refractivity contribution in [2.24, 2.45) is 0 Å². The Hall–Kier alpha value is -2.21. The van der Waals surface area contributed by atoms with Crippen LogP contribution in [0.3, 0.4) is 0 Å². The zero-order valence-corrected chi connectivity index (χ0v) is 17.3. The zero-order chi connectivity index (χ0) is 19.7. The quantitative estimate of drug-likeness (QED) is 0.649. The molecule has 1 saturated carbocycles. The summed E-state index contributed by atoms with van der Waals surface area (Å²) < 4.78 is 3.41. The number of amides is 1. The second kappa shape index (κ2) is 8.03. The Morgan fingerprint density at radius 1 is 1.25 bits per heavy atom. The van der Waals surface area contributed by atoms with Crippen molar-refractivity contribution in [3.8, 4) is 0 Å². The largest absolute Gasteiger partial charge is 0.352 e. The average Bonchev–Trinajstić information content (AvgIpc) is 2.91.